The Balaban J connectivity index is 1.68. The van der Waals surface area contributed by atoms with Crippen molar-refractivity contribution < 1.29 is 15.0 Å². The van der Waals surface area contributed by atoms with Crippen molar-refractivity contribution in [3.63, 3.8) is 0 Å². The molecule has 3 atom stereocenters. The van der Waals surface area contributed by atoms with Crippen LogP contribution in [0.1, 0.15) is 58.8 Å². The maximum atomic E-state index is 10.6. The summed E-state index contributed by atoms with van der Waals surface area (Å²) in [7, 11) is 0. The number of β-amino-alcohol motifs (C(OH)–C–C–N with tert-alkyl or cyclic N) is 1. The van der Waals surface area contributed by atoms with Crippen LogP contribution in [0.25, 0.3) is 0 Å². The summed E-state index contributed by atoms with van der Waals surface area (Å²) in [4.78, 5) is 10.6. The molecule has 114 valence electrons. The van der Waals surface area contributed by atoms with E-state index in [-0.39, 0.29) is 12.0 Å². The number of carboxylic acid groups (broad SMARTS) is 1. The van der Waals surface area contributed by atoms with E-state index < -0.39 is 12.1 Å². The lowest BCUT2D eigenvalue weighted by Crippen LogP contribution is -2.64. The highest BCUT2D eigenvalue weighted by Gasteiger charge is 2.59. The zero-order chi connectivity index (χ0) is 14.6. The Morgan fingerprint density at radius 1 is 1.20 bits per heavy atom. The molecule has 4 saturated carbocycles. The van der Waals surface area contributed by atoms with Gasteiger partial charge >= 0.3 is 5.97 Å². The summed E-state index contributed by atoms with van der Waals surface area (Å²) in [5.41, 5.74) is 1.03. The molecule has 0 aromatic heterocycles. The molecule has 0 aromatic carbocycles. The Morgan fingerprint density at radius 2 is 1.80 bits per heavy atom. The van der Waals surface area contributed by atoms with E-state index in [0.717, 1.165) is 5.92 Å². The molecule has 4 aliphatic carbocycles. The predicted octanol–water partition coefficient (Wildman–Crippen LogP) is 2.16. The number of carbonyl (C=O) groups is 1. The van der Waals surface area contributed by atoms with Gasteiger partial charge in [0.05, 0.1) is 12.5 Å². The minimum Gasteiger partial charge on any atom is -0.481 e. The molecule has 4 heteroatoms. The molecule has 4 nitrogen and oxygen atoms in total. The van der Waals surface area contributed by atoms with Crippen LogP contribution in [0.15, 0.2) is 0 Å². The third kappa shape index (κ3) is 2.60. The van der Waals surface area contributed by atoms with E-state index in [9.17, 15) is 9.90 Å². The summed E-state index contributed by atoms with van der Waals surface area (Å²) in [6, 6.07) is 0. The Bertz CT molecular complexity index is 404. The van der Waals surface area contributed by atoms with E-state index in [4.69, 9.17) is 5.11 Å². The Kier molecular flexibility index (Phi) is 3.18. The average molecular weight is 281 g/mol. The molecule has 0 aromatic rings. The van der Waals surface area contributed by atoms with E-state index in [0.29, 0.717) is 17.4 Å². The molecule has 0 heterocycles. The Labute approximate surface area is 120 Å². The molecule has 0 saturated heterocycles. The minimum atomic E-state index is -0.927. The molecule has 3 N–H and O–H groups in total. The van der Waals surface area contributed by atoms with Crippen molar-refractivity contribution in [1.29, 1.82) is 0 Å². The number of hydrogen-bond acceptors (Lipinski definition) is 3. The van der Waals surface area contributed by atoms with Gasteiger partial charge in [-0.1, -0.05) is 13.8 Å². The first-order valence-corrected chi connectivity index (χ1v) is 7.87. The molecule has 20 heavy (non-hydrogen) atoms. The maximum Gasteiger partial charge on any atom is 0.306 e. The van der Waals surface area contributed by atoms with E-state index in [2.05, 4.69) is 19.2 Å². The van der Waals surface area contributed by atoms with Gasteiger partial charge in [-0.25, -0.2) is 0 Å². The number of hydrogen-bond donors (Lipinski definition) is 3. The van der Waals surface area contributed by atoms with E-state index in [1.165, 1.54) is 38.5 Å². The molecule has 4 bridgehead atoms. The van der Waals surface area contributed by atoms with Gasteiger partial charge in [0.1, 0.15) is 0 Å². The lowest BCUT2D eigenvalue weighted by Gasteiger charge is -2.65. The summed E-state index contributed by atoms with van der Waals surface area (Å²) in [5.74, 6) is -0.117. The highest BCUT2D eigenvalue weighted by Crippen LogP contribution is 2.66. The molecular formula is C16H27NO3. The standard InChI is InChI=1S/C16H27NO3/c1-14-4-11-5-15(2,8-14)10-16(6-11,9-14)17-7-12(18)3-13(19)20/h11-12,17-18H,3-10H2,1-2H3,(H,19,20). The van der Waals surface area contributed by atoms with Crippen molar-refractivity contribution in [2.45, 2.75) is 70.4 Å². The van der Waals surface area contributed by atoms with Crippen molar-refractivity contribution in [1.82, 2.24) is 5.32 Å². The molecule has 0 radical (unpaired) electrons. The number of nitrogens with one attached hydrogen (secondary N) is 1. The van der Waals surface area contributed by atoms with Gasteiger partial charge in [0.15, 0.2) is 0 Å². The maximum absolute atomic E-state index is 10.6. The van der Waals surface area contributed by atoms with Gasteiger partial charge in [-0.15, -0.1) is 0 Å². The predicted molar refractivity (Wildman–Crippen MR) is 76.4 cm³/mol. The molecule has 4 aliphatic rings. The topological polar surface area (TPSA) is 69.6 Å². The van der Waals surface area contributed by atoms with Crippen LogP contribution in [0.5, 0.6) is 0 Å². The number of rotatable bonds is 5. The van der Waals surface area contributed by atoms with Crippen LogP contribution in [0.3, 0.4) is 0 Å². The largest absolute Gasteiger partial charge is 0.481 e. The summed E-state index contributed by atoms with van der Waals surface area (Å²) in [6.07, 6.45) is 6.67. The van der Waals surface area contributed by atoms with Gasteiger partial charge in [0.2, 0.25) is 0 Å². The van der Waals surface area contributed by atoms with Gasteiger partial charge in [-0.05, 0) is 55.3 Å². The highest BCUT2D eigenvalue weighted by molar-refractivity contribution is 5.67. The van der Waals surface area contributed by atoms with Crippen LogP contribution in [-0.2, 0) is 4.79 Å². The van der Waals surface area contributed by atoms with E-state index in [1.54, 1.807) is 0 Å². The van der Waals surface area contributed by atoms with Crippen LogP contribution in [0.2, 0.25) is 0 Å². The zero-order valence-corrected chi connectivity index (χ0v) is 12.6. The lowest BCUT2D eigenvalue weighted by molar-refractivity contribution is -0.140. The Hall–Kier alpha value is -0.610. The van der Waals surface area contributed by atoms with Crippen molar-refractivity contribution >= 4 is 5.97 Å². The van der Waals surface area contributed by atoms with Crippen molar-refractivity contribution in [3.05, 3.63) is 0 Å². The van der Waals surface area contributed by atoms with Crippen molar-refractivity contribution in [2.24, 2.45) is 16.7 Å². The molecule has 3 unspecified atom stereocenters. The summed E-state index contributed by atoms with van der Waals surface area (Å²) >= 11 is 0. The number of carboxylic acids is 1. The molecule has 0 spiro atoms. The molecule has 4 rings (SSSR count). The SMILES string of the molecule is CC12CC3CC(C)(C1)CC(NCC(O)CC(=O)O)(C3)C2. The average Bonchev–Trinajstić information content (AvgIpc) is 2.20. The summed E-state index contributed by atoms with van der Waals surface area (Å²) < 4.78 is 0. The molecular weight excluding hydrogens is 254 g/mol. The first-order valence-electron chi connectivity index (χ1n) is 7.87. The van der Waals surface area contributed by atoms with Gasteiger partial charge < -0.3 is 15.5 Å². The van der Waals surface area contributed by atoms with Gasteiger partial charge in [0, 0.05) is 12.1 Å². The summed E-state index contributed by atoms with van der Waals surface area (Å²) in [5, 5.41) is 22.1. The molecule has 4 fully saturated rings. The number of aliphatic carboxylic acids is 1. The second-order valence-corrected chi connectivity index (χ2v) is 8.54. The quantitative estimate of drug-likeness (QED) is 0.722. The third-order valence-electron chi connectivity index (χ3n) is 5.75. The second-order valence-electron chi connectivity index (χ2n) is 8.54. The highest BCUT2D eigenvalue weighted by atomic mass is 16.4. The fraction of sp³-hybridized carbons (Fsp3) is 0.938. The van der Waals surface area contributed by atoms with Crippen LogP contribution < -0.4 is 5.32 Å². The molecule has 0 aliphatic heterocycles. The fourth-order valence-corrected chi connectivity index (χ4v) is 6.25. The Morgan fingerprint density at radius 3 is 2.30 bits per heavy atom. The first-order chi connectivity index (χ1) is 9.22. The normalized spacial score (nSPS) is 47.5. The van der Waals surface area contributed by atoms with Gasteiger partial charge in [0.25, 0.3) is 0 Å². The first kappa shape index (κ1) is 14.3. The summed E-state index contributed by atoms with van der Waals surface area (Å²) in [6.45, 7) is 5.24. The number of aliphatic hydroxyl groups is 1. The zero-order valence-electron chi connectivity index (χ0n) is 12.6. The van der Waals surface area contributed by atoms with Gasteiger partial charge in [-0.2, -0.15) is 0 Å². The van der Waals surface area contributed by atoms with Crippen LogP contribution >= 0.6 is 0 Å². The monoisotopic (exact) mass is 281 g/mol. The van der Waals surface area contributed by atoms with Crippen LogP contribution in [0, 0.1) is 16.7 Å². The fourth-order valence-electron chi connectivity index (χ4n) is 6.25. The minimum absolute atomic E-state index is 0.141. The smallest absolute Gasteiger partial charge is 0.306 e. The van der Waals surface area contributed by atoms with Crippen LogP contribution in [0.4, 0.5) is 0 Å². The third-order valence-corrected chi connectivity index (χ3v) is 5.75. The number of aliphatic hydroxyl groups excluding tert-OH is 1. The lowest BCUT2D eigenvalue weighted by atomic mass is 9.43. The van der Waals surface area contributed by atoms with Crippen molar-refractivity contribution in [3.8, 4) is 0 Å². The van der Waals surface area contributed by atoms with E-state index >= 15 is 0 Å². The van der Waals surface area contributed by atoms with Crippen molar-refractivity contribution in [2.75, 3.05) is 6.54 Å². The van der Waals surface area contributed by atoms with Crippen LogP contribution in [-0.4, -0.2) is 34.4 Å². The van der Waals surface area contributed by atoms with Gasteiger partial charge in [-0.3, -0.25) is 4.79 Å². The molecule has 0 amide bonds. The van der Waals surface area contributed by atoms with E-state index in [1.807, 2.05) is 0 Å². The second kappa shape index (κ2) is 4.44.